The summed E-state index contributed by atoms with van der Waals surface area (Å²) in [6.45, 7) is 1.86. The van der Waals surface area contributed by atoms with Gasteiger partial charge in [-0.2, -0.15) is 0 Å². The van der Waals surface area contributed by atoms with Gasteiger partial charge in [-0.3, -0.25) is 4.98 Å². The van der Waals surface area contributed by atoms with Crippen molar-refractivity contribution in [2.75, 3.05) is 0 Å². The molecule has 114 valence electrons. The minimum atomic E-state index is -2.12. The summed E-state index contributed by atoms with van der Waals surface area (Å²) in [5.41, 5.74) is 5.90. The molecule has 0 bridgehead atoms. The Morgan fingerprint density at radius 3 is 2.78 bits per heavy atom. The summed E-state index contributed by atoms with van der Waals surface area (Å²) in [5, 5.41) is 1.97. The smallest absolute Gasteiger partial charge is 0.213 e. The SMILES string of the molecule is [2H]C([2H])([2H])c1ccc(-c2c(C)ccc3oc4cc(C)ncc4c23)[n+](C)c1. The van der Waals surface area contributed by atoms with E-state index in [-0.39, 0.29) is 0 Å². The van der Waals surface area contributed by atoms with Gasteiger partial charge in [0.15, 0.2) is 6.20 Å². The highest BCUT2D eigenvalue weighted by Crippen LogP contribution is 2.37. The molecule has 3 aromatic heterocycles. The zero-order valence-electron chi connectivity index (χ0n) is 16.3. The van der Waals surface area contributed by atoms with Gasteiger partial charge >= 0.3 is 0 Å². The van der Waals surface area contributed by atoms with Crippen LogP contribution >= 0.6 is 0 Å². The monoisotopic (exact) mass is 306 g/mol. The van der Waals surface area contributed by atoms with E-state index >= 15 is 0 Å². The van der Waals surface area contributed by atoms with Crippen LogP contribution in [0.15, 0.2) is 47.1 Å². The van der Waals surface area contributed by atoms with Gasteiger partial charge in [0.1, 0.15) is 18.2 Å². The van der Waals surface area contributed by atoms with Crippen LogP contribution < -0.4 is 4.57 Å². The number of hydrogen-bond acceptors (Lipinski definition) is 2. The Morgan fingerprint density at radius 1 is 1.13 bits per heavy atom. The molecule has 0 spiro atoms. The van der Waals surface area contributed by atoms with E-state index in [1.807, 2.05) is 55.9 Å². The molecule has 0 radical (unpaired) electrons. The van der Waals surface area contributed by atoms with Crippen molar-refractivity contribution in [3.63, 3.8) is 0 Å². The molecule has 3 heterocycles. The van der Waals surface area contributed by atoms with E-state index in [4.69, 9.17) is 8.53 Å². The van der Waals surface area contributed by atoms with Crippen LogP contribution in [0.25, 0.3) is 33.2 Å². The first-order valence-corrected chi connectivity index (χ1v) is 7.55. The number of pyridine rings is 2. The van der Waals surface area contributed by atoms with E-state index < -0.39 is 6.85 Å². The van der Waals surface area contributed by atoms with Crippen LogP contribution in [0, 0.1) is 20.7 Å². The third-order valence-corrected chi connectivity index (χ3v) is 4.26. The van der Waals surface area contributed by atoms with Crippen molar-refractivity contribution >= 4 is 21.9 Å². The predicted molar refractivity (Wildman–Crippen MR) is 92.3 cm³/mol. The number of rotatable bonds is 1. The number of aromatic nitrogens is 2. The van der Waals surface area contributed by atoms with Gasteiger partial charge in [-0.1, -0.05) is 6.07 Å². The first-order valence-electron chi connectivity index (χ1n) is 9.05. The van der Waals surface area contributed by atoms with E-state index in [1.165, 1.54) is 0 Å². The first kappa shape index (κ1) is 10.9. The standard InChI is InChI=1S/C20H19N2O/c1-12-5-7-16(22(4)11-12)19-13(2)6-8-17-20(19)15-10-21-14(3)9-18(15)23-17/h5-11H,1-4H3/q+1/i1D3. The summed E-state index contributed by atoms with van der Waals surface area (Å²) < 4.78 is 30.7. The summed E-state index contributed by atoms with van der Waals surface area (Å²) in [7, 11) is 1.87. The van der Waals surface area contributed by atoms with E-state index in [9.17, 15) is 0 Å². The molecule has 3 heteroatoms. The molecule has 0 N–H and O–H groups in total. The van der Waals surface area contributed by atoms with Crippen molar-refractivity contribution in [3.05, 3.63) is 59.5 Å². The van der Waals surface area contributed by atoms with Gasteiger partial charge in [-0.05, 0) is 38.4 Å². The average Bonchev–Trinajstić information content (AvgIpc) is 2.92. The predicted octanol–water partition coefficient (Wildman–Crippen LogP) is 4.40. The van der Waals surface area contributed by atoms with Crippen molar-refractivity contribution in [1.82, 2.24) is 4.98 Å². The topological polar surface area (TPSA) is 29.9 Å². The number of furan rings is 1. The number of fused-ring (bicyclic) bond motifs is 3. The zero-order valence-corrected chi connectivity index (χ0v) is 13.3. The van der Waals surface area contributed by atoms with Crippen molar-refractivity contribution < 1.29 is 13.1 Å². The maximum Gasteiger partial charge on any atom is 0.213 e. The quantitative estimate of drug-likeness (QED) is 0.488. The number of nitrogens with zero attached hydrogens (tertiary/aromatic N) is 2. The fraction of sp³-hybridized carbons (Fsp3) is 0.200. The van der Waals surface area contributed by atoms with Gasteiger partial charge in [0.2, 0.25) is 5.69 Å². The summed E-state index contributed by atoms with van der Waals surface area (Å²) in [6, 6.07) is 9.47. The molecule has 0 saturated carbocycles. The Labute approximate surface area is 139 Å². The highest BCUT2D eigenvalue weighted by molar-refractivity contribution is 6.12. The summed E-state index contributed by atoms with van der Waals surface area (Å²) in [5.74, 6) is 0. The Hall–Kier alpha value is -2.68. The molecule has 3 nitrogen and oxygen atoms in total. The molecule has 0 unspecified atom stereocenters. The molecule has 23 heavy (non-hydrogen) atoms. The fourth-order valence-electron chi connectivity index (χ4n) is 3.16. The Bertz CT molecular complexity index is 1160. The summed E-state index contributed by atoms with van der Waals surface area (Å²) in [6.07, 6.45) is 3.52. The fourth-order valence-corrected chi connectivity index (χ4v) is 3.16. The van der Waals surface area contributed by atoms with Gasteiger partial charge in [0.25, 0.3) is 0 Å². The molecule has 4 aromatic rings. The third-order valence-electron chi connectivity index (χ3n) is 4.26. The third kappa shape index (κ3) is 2.12. The molecule has 0 fully saturated rings. The summed E-state index contributed by atoms with van der Waals surface area (Å²) >= 11 is 0. The Kier molecular flexibility index (Phi) is 2.34. The van der Waals surface area contributed by atoms with Gasteiger partial charge in [0.05, 0.1) is 5.56 Å². The van der Waals surface area contributed by atoms with E-state index in [0.717, 1.165) is 44.5 Å². The van der Waals surface area contributed by atoms with Crippen LogP contribution in [0.3, 0.4) is 0 Å². The molecule has 0 amide bonds. The molecular weight excluding hydrogens is 284 g/mol. The van der Waals surface area contributed by atoms with Gasteiger partial charge < -0.3 is 4.42 Å². The first-order chi connectivity index (χ1) is 12.3. The number of benzene rings is 1. The Morgan fingerprint density at radius 2 is 2.00 bits per heavy atom. The van der Waals surface area contributed by atoms with Crippen LogP contribution in [0.5, 0.6) is 0 Å². The van der Waals surface area contributed by atoms with E-state index in [1.54, 1.807) is 12.3 Å². The number of hydrogen-bond donors (Lipinski definition) is 0. The van der Waals surface area contributed by atoms with Crippen molar-refractivity contribution in [2.45, 2.75) is 20.7 Å². The minimum absolute atomic E-state index is 0.322. The second-order valence-electron chi connectivity index (χ2n) is 5.97. The van der Waals surface area contributed by atoms with Crippen LogP contribution in [0.1, 0.15) is 20.9 Å². The maximum atomic E-state index is 7.62. The molecule has 1 aromatic carbocycles. The van der Waals surface area contributed by atoms with Crippen LogP contribution in [-0.4, -0.2) is 4.98 Å². The second-order valence-corrected chi connectivity index (χ2v) is 5.97. The van der Waals surface area contributed by atoms with Crippen molar-refractivity contribution in [1.29, 1.82) is 0 Å². The van der Waals surface area contributed by atoms with Crippen molar-refractivity contribution in [2.24, 2.45) is 7.05 Å². The second kappa shape index (κ2) is 4.92. The van der Waals surface area contributed by atoms with E-state index in [2.05, 4.69) is 4.98 Å². The molecule has 0 aliphatic carbocycles. The molecule has 0 atom stereocenters. The van der Waals surface area contributed by atoms with Gasteiger partial charge in [0, 0.05) is 44.5 Å². The lowest BCUT2D eigenvalue weighted by Gasteiger charge is -2.06. The van der Waals surface area contributed by atoms with Crippen LogP contribution in [0.2, 0.25) is 0 Å². The minimum Gasteiger partial charge on any atom is -0.456 e. The lowest BCUT2D eigenvalue weighted by atomic mass is 9.98. The van der Waals surface area contributed by atoms with E-state index in [0.29, 0.717) is 5.56 Å². The Balaban J connectivity index is 2.05. The van der Waals surface area contributed by atoms with Crippen LogP contribution in [-0.2, 0) is 7.05 Å². The lowest BCUT2D eigenvalue weighted by Crippen LogP contribution is -2.31. The molecule has 0 aliphatic heterocycles. The highest BCUT2D eigenvalue weighted by atomic mass is 16.3. The molecular formula is C20H19N2O+. The normalized spacial score (nSPS) is 14.0. The molecule has 4 rings (SSSR count). The average molecular weight is 306 g/mol. The van der Waals surface area contributed by atoms with Crippen LogP contribution in [0.4, 0.5) is 0 Å². The largest absolute Gasteiger partial charge is 0.456 e. The summed E-state index contributed by atoms with van der Waals surface area (Å²) in [4.78, 5) is 4.42. The van der Waals surface area contributed by atoms with Gasteiger partial charge in [-0.15, -0.1) is 0 Å². The number of aryl methyl sites for hydroxylation is 4. The van der Waals surface area contributed by atoms with Crippen molar-refractivity contribution in [3.8, 4) is 11.3 Å². The molecule has 0 saturated heterocycles. The lowest BCUT2D eigenvalue weighted by molar-refractivity contribution is -0.660. The maximum absolute atomic E-state index is 7.62. The molecule has 0 aliphatic rings. The highest BCUT2D eigenvalue weighted by Gasteiger charge is 2.20. The zero-order chi connectivity index (χ0) is 18.6. The van der Waals surface area contributed by atoms with Gasteiger partial charge in [-0.25, -0.2) is 4.57 Å².